The molecule has 306 valence electrons. The SMILES string of the molecule is CC(C)(NC(=O)Nc1ccc2c(c1)CN(C1CCC(=O)NC1=O)C2=O)c1ccc(-c2cccnc2)c(OCCOCCOCCOCCOCCOCC(=O)O)c1. The van der Waals surface area contributed by atoms with Gasteiger partial charge in [-0.05, 0) is 61.7 Å². The van der Waals surface area contributed by atoms with Crippen molar-refractivity contribution < 1.29 is 57.5 Å². The maximum absolute atomic E-state index is 13.3. The number of piperidine rings is 1. The molecule has 0 radical (unpaired) electrons. The van der Waals surface area contributed by atoms with Gasteiger partial charge in [-0.2, -0.15) is 0 Å². The van der Waals surface area contributed by atoms with E-state index in [1.165, 1.54) is 4.90 Å². The van der Waals surface area contributed by atoms with E-state index in [9.17, 15) is 24.0 Å². The molecule has 17 heteroatoms. The number of carboxylic acid groups (broad SMARTS) is 1. The number of carbonyl (C=O) groups excluding carboxylic acids is 4. The number of hydrogen-bond donors (Lipinski definition) is 4. The van der Waals surface area contributed by atoms with E-state index in [2.05, 4.69) is 20.9 Å². The number of aliphatic carboxylic acids is 1. The summed E-state index contributed by atoms with van der Waals surface area (Å²) in [5.74, 6) is -1.55. The highest BCUT2D eigenvalue weighted by Crippen LogP contribution is 2.34. The zero-order valence-electron chi connectivity index (χ0n) is 32.1. The molecule has 2 aliphatic rings. The Balaban J connectivity index is 1.06. The quantitative estimate of drug-likeness (QED) is 0.0804. The standard InChI is InChI=1S/C40H49N5O12/c1-40(2,44-39(51)42-30-6-8-32-28(22-30)25-45(38(32)50)33-9-10-35(46)43-37(33)49)29-5-7-31(27-4-3-11-41-24-27)34(23-29)57-21-20-55-17-16-53-13-12-52-14-15-54-18-19-56-26-36(47)48/h3-8,11,22-24,33H,9-10,12-21,25-26H2,1-2H3,(H,47,48)(H2,42,44,51)(H,43,46,49). The first-order valence-electron chi connectivity index (χ1n) is 18.7. The van der Waals surface area contributed by atoms with Gasteiger partial charge in [0.1, 0.15) is 25.0 Å². The first kappa shape index (κ1) is 42.7. The van der Waals surface area contributed by atoms with Gasteiger partial charge in [-0.25, -0.2) is 9.59 Å². The zero-order valence-corrected chi connectivity index (χ0v) is 32.1. The van der Waals surface area contributed by atoms with Gasteiger partial charge in [-0.1, -0.05) is 18.2 Å². The van der Waals surface area contributed by atoms with Gasteiger partial charge in [0.2, 0.25) is 11.8 Å². The Morgan fingerprint density at radius 2 is 1.51 bits per heavy atom. The molecule has 0 bridgehead atoms. The smallest absolute Gasteiger partial charge is 0.329 e. The van der Waals surface area contributed by atoms with E-state index in [4.69, 9.17) is 33.5 Å². The van der Waals surface area contributed by atoms with Crippen LogP contribution >= 0.6 is 0 Å². The molecule has 17 nitrogen and oxygen atoms in total. The highest BCUT2D eigenvalue weighted by atomic mass is 16.6. The first-order chi connectivity index (χ1) is 27.5. The van der Waals surface area contributed by atoms with Crippen molar-refractivity contribution >= 4 is 35.4 Å². The first-order valence-corrected chi connectivity index (χ1v) is 18.7. The minimum atomic E-state index is -1.02. The predicted octanol–water partition coefficient (Wildman–Crippen LogP) is 3.11. The van der Waals surface area contributed by atoms with Crippen LogP contribution in [0.15, 0.2) is 60.9 Å². The lowest BCUT2D eigenvalue weighted by Gasteiger charge is -2.29. The van der Waals surface area contributed by atoms with Crippen molar-refractivity contribution in [3.8, 4) is 16.9 Å². The van der Waals surface area contributed by atoms with Crippen molar-refractivity contribution in [3.05, 3.63) is 77.6 Å². The molecule has 1 fully saturated rings. The molecule has 1 unspecified atom stereocenters. The van der Waals surface area contributed by atoms with Crippen LogP contribution in [0.4, 0.5) is 10.5 Å². The number of amides is 5. The monoisotopic (exact) mass is 791 g/mol. The highest BCUT2D eigenvalue weighted by Gasteiger charge is 2.39. The Morgan fingerprint density at radius 3 is 2.14 bits per heavy atom. The van der Waals surface area contributed by atoms with E-state index in [-0.39, 0.29) is 51.0 Å². The summed E-state index contributed by atoms with van der Waals surface area (Å²) in [5.41, 5.74) is 3.24. The van der Waals surface area contributed by atoms with Crippen LogP contribution in [0, 0.1) is 0 Å². The highest BCUT2D eigenvalue weighted by molar-refractivity contribution is 6.05. The van der Waals surface area contributed by atoms with Gasteiger partial charge < -0.3 is 49.1 Å². The maximum Gasteiger partial charge on any atom is 0.329 e. The average molecular weight is 792 g/mol. The number of urea groups is 1. The van der Waals surface area contributed by atoms with E-state index in [1.807, 2.05) is 44.2 Å². The molecular formula is C40H49N5O12. The number of imide groups is 1. The average Bonchev–Trinajstić information content (AvgIpc) is 3.50. The second kappa shape index (κ2) is 21.2. The number of anilines is 1. The molecule has 3 heterocycles. The number of carboxylic acids is 1. The number of hydrogen-bond acceptors (Lipinski definition) is 12. The number of rotatable bonds is 23. The topological polar surface area (TPSA) is 213 Å². The van der Waals surface area contributed by atoms with E-state index in [0.29, 0.717) is 75.4 Å². The van der Waals surface area contributed by atoms with Crippen LogP contribution in [-0.4, -0.2) is 123 Å². The second-order valence-corrected chi connectivity index (χ2v) is 13.7. The number of ether oxygens (including phenoxy) is 6. The molecule has 2 aliphatic heterocycles. The molecule has 1 saturated heterocycles. The number of fused-ring (bicyclic) bond motifs is 1. The Bertz CT molecular complexity index is 1860. The van der Waals surface area contributed by atoms with Crippen molar-refractivity contribution in [2.45, 2.75) is 44.8 Å². The van der Waals surface area contributed by atoms with Crippen molar-refractivity contribution in [2.75, 3.05) is 78.0 Å². The summed E-state index contributed by atoms with van der Waals surface area (Å²) in [7, 11) is 0. The Kier molecular flexibility index (Phi) is 15.9. The summed E-state index contributed by atoms with van der Waals surface area (Å²) in [5, 5.41) is 16.7. The Hall–Kier alpha value is -5.46. The predicted molar refractivity (Wildman–Crippen MR) is 205 cm³/mol. The molecule has 5 rings (SSSR count). The van der Waals surface area contributed by atoms with Gasteiger partial charge >= 0.3 is 12.0 Å². The fourth-order valence-corrected chi connectivity index (χ4v) is 6.21. The lowest BCUT2D eigenvalue weighted by atomic mass is 9.92. The lowest BCUT2D eigenvalue weighted by molar-refractivity contribution is -0.143. The number of nitrogens with zero attached hydrogens (tertiary/aromatic N) is 2. The lowest BCUT2D eigenvalue weighted by Crippen LogP contribution is -2.52. The summed E-state index contributed by atoms with van der Waals surface area (Å²) in [6, 6.07) is 13.3. The van der Waals surface area contributed by atoms with Gasteiger partial charge in [-0.15, -0.1) is 0 Å². The van der Waals surface area contributed by atoms with Gasteiger partial charge in [0.25, 0.3) is 5.91 Å². The second-order valence-electron chi connectivity index (χ2n) is 13.7. The fourth-order valence-electron chi connectivity index (χ4n) is 6.21. The number of aromatic nitrogens is 1. The van der Waals surface area contributed by atoms with Gasteiger partial charge in [0.15, 0.2) is 0 Å². The Morgan fingerprint density at radius 1 is 0.860 bits per heavy atom. The molecule has 57 heavy (non-hydrogen) atoms. The third kappa shape index (κ3) is 12.8. The van der Waals surface area contributed by atoms with Crippen LogP contribution in [0.2, 0.25) is 0 Å². The van der Waals surface area contributed by atoms with E-state index >= 15 is 0 Å². The van der Waals surface area contributed by atoms with Crippen molar-refractivity contribution in [1.29, 1.82) is 0 Å². The fraction of sp³-hybridized carbons (Fsp3) is 0.450. The summed E-state index contributed by atoms with van der Waals surface area (Å²) in [6.45, 7) is 6.95. The Labute approximate surface area is 330 Å². The summed E-state index contributed by atoms with van der Waals surface area (Å²) in [6.07, 6.45) is 3.87. The van der Waals surface area contributed by atoms with Crippen molar-refractivity contribution in [1.82, 2.24) is 20.5 Å². The van der Waals surface area contributed by atoms with Crippen LogP contribution < -0.4 is 20.7 Å². The molecular weight excluding hydrogens is 742 g/mol. The van der Waals surface area contributed by atoms with Gasteiger partial charge in [0.05, 0.1) is 65.0 Å². The molecule has 5 amide bonds. The summed E-state index contributed by atoms with van der Waals surface area (Å²) < 4.78 is 33.1. The maximum atomic E-state index is 13.3. The third-order valence-corrected chi connectivity index (χ3v) is 9.08. The molecule has 0 spiro atoms. The van der Waals surface area contributed by atoms with Crippen LogP contribution in [-0.2, 0) is 50.2 Å². The van der Waals surface area contributed by atoms with Crippen LogP contribution in [0.25, 0.3) is 11.1 Å². The van der Waals surface area contributed by atoms with Crippen molar-refractivity contribution in [3.63, 3.8) is 0 Å². The molecule has 0 aliphatic carbocycles. The number of benzene rings is 2. The normalized spacial score (nSPS) is 15.3. The molecule has 1 aromatic heterocycles. The van der Waals surface area contributed by atoms with E-state index < -0.39 is 29.5 Å². The van der Waals surface area contributed by atoms with Gasteiger partial charge in [0, 0.05) is 47.7 Å². The van der Waals surface area contributed by atoms with Crippen LogP contribution in [0.3, 0.4) is 0 Å². The molecule has 2 aromatic carbocycles. The van der Waals surface area contributed by atoms with Crippen molar-refractivity contribution in [2.24, 2.45) is 0 Å². The molecule has 3 aromatic rings. The minimum absolute atomic E-state index is 0.167. The van der Waals surface area contributed by atoms with Gasteiger partial charge in [-0.3, -0.25) is 24.7 Å². The number of carbonyl (C=O) groups is 5. The third-order valence-electron chi connectivity index (χ3n) is 9.08. The molecule has 0 saturated carbocycles. The molecule has 1 atom stereocenters. The van der Waals surface area contributed by atoms with Crippen LogP contribution in [0.5, 0.6) is 5.75 Å². The molecule has 4 N–H and O–H groups in total. The summed E-state index contributed by atoms with van der Waals surface area (Å²) in [4.78, 5) is 66.5. The number of pyridine rings is 1. The number of nitrogens with one attached hydrogen (secondary N) is 3. The summed E-state index contributed by atoms with van der Waals surface area (Å²) >= 11 is 0. The largest absolute Gasteiger partial charge is 0.491 e. The van der Waals surface area contributed by atoms with E-state index in [1.54, 1.807) is 30.6 Å². The van der Waals surface area contributed by atoms with E-state index in [0.717, 1.165) is 16.7 Å². The zero-order chi connectivity index (χ0) is 40.6. The minimum Gasteiger partial charge on any atom is -0.491 e. The van der Waals surface area contributed by atoms with Crippen LogP contribution in [0.1, 0.15) is 48.2 Å².